The molecule has 2 aliphatic rings. The molecule has 3 aromatic carbocycles. The third-order valence-electron chi connectivity index (χ3n) is 7.99. The molecule has 2 unspecified atom stereocenters. The van der Waals surface area contributed by atoms with Crippen LogP contribution < -0.4 is 5.32 Å². The number of H-pyrrole nitrogens is 1. The summed E-state index contributed by atoms with van der Waals surface area (Å²) in [4.78, 5) is 45.1. The average Bonchev–Trinajstić information content (AvgIpc) is 3.48. The molecule has 0 aliphatic carbocycles. The van der Waals surface area contributed by atoms with Crippen LogP contribution in [0.1, 0.15) is 16.7 Å². The molecule has 11 nitrogen and oxygen atoms in total. The third-order valence-corrected chi connectivity index (χ3v) is 8.20. The maximum atomic E-state index is 14.2. The van der Waals surface area contributed by atoms with Gasteiger partial charge < -0.3 is 20.2 Å². The maximum Gasteiger partial charge on any atom is 0.334 e. The fourth-order valence-electron chi connectivity index (χ4n) is 5.97. The molecule has 0 saturated carbocycles. The van der Waals surface area contributed by atoms with Gasteiger partial charge in [-0.2, -0.15) is 5.10 Å². The van der Waals surface area contributed by atoms with Crippen LogP contribution in [-0.4, -0.2) is 84.8 Å². The number of fused-ring (bicyclic) bond motifs is 2. The van der Waals surface area contributed by atoms with E-state index in [-0.39, 0.29) is 50.2 Å². The van der Waals surface area contributed by atoms with Gasteiger partial charge >= 0.3 is 6.03 Å². The summed E-state index contributed by atoms with van der Waals surface area (Å²) in [5, 5.41) is 24.5. The molecule has 2 fully saturated rings. The van der Waals surface area contributed by atoms with Crippen LogP contribution in [0.25, 0.3) is 10.9 Å². The highest BCUT2D eigenvalue weighted by atomic mass is 35.5. The topological polar surface area (TPSA) is 125 Å². The van der Waals surface area contributed by atoms with Crippen LogP contribution in [0, 0.1) is 0 Å². The summed E-state index contributed by atoms with van der Waals surface area (Å²) >= 11 is 6.42. The molecule has 1 aromatic heterocycles. The second-order valence-corrected chi connectivity index (χ2v) is 11.3. The van der Waals surface area contributed by atoms with Gasteiger partial charge in [0.05, 0.1) is 24.8 Å². The second-order valence-electron chi connectivity index (χ2n) is 10.9. The number of hydrogen-bond donors (Lipinski definition) is 3. The molecule has 2 aliphatic heterocycles. The highest BCUT2D eigenvalue weighted by Gasteiger charge is 2.51. The first kappa shape index (κ1) is 29.2. The van der Waals surface area contributed by atoms with Crippen LogP contribution in [0.15, 0.2) is 85.6 Å². The second kappa shape index (κ2) is 12.4. The molecular formula is C32H32ClN7O4. The third kappa shape index (κ3) is 5.84. The van der Waals surface area contributed by atoms with E-state index in [1.165, 1.54) is 4.90 Å². The number of aromatic amines is 1. The van der Waals surface area contributed by atoms with E-state index < -0.39 is 18.2 Å². The number of carbonyl (C=O) groups is 3. The molecule has 12 heteroatoms. The molecule has 3 N–H and O–H groups in total. The standard InChI is InChI=1S/C32H32ClN7O4/c1-2-12-38-20-29(42)39-27(13-21-8-10-26(41)11-9-21)31(43)37(18-24-15-25(33)14-23-17-35-36-30(23)24)19-28(39)40(38)32(44)34-16-22-6-4-3-5-7-22/h2-11,14-15,17,27-28,41H,1,12-13,16,18-20H2,(H,34,44)(H,35,36). The van der Waals surface area contributed by atoms with Crippen molar-refractivity contribution >= 4 is 40.3 Å². The van der Waals surface area contributed by atoms with Crippen molar-refractivity contribution in [2.45, 2.75) is 31.7 Å². The van der Waals surface area contributed by atoms with Gasteiger partial charge in [-0.05, 0) is 41.0 Å². The van der Waals surface area contributed by atoms with Crippen LogP contribution in [0.2, 0.25) is 5.02 Å². The molecule has 4 aromatic rings. The molecule has 0 bridgehead atoms. The van der Waals surface area contributed by atoms with E-state index in [0.717, 1.165) is 27.6 Å². The Bertz CT molecular complexity index is 1690. The largest absolute Gasteiger partial charge is 0.508 e. The number of piperazine rings is 1. The molecule has 44 heavy (non-hydrogen) atoms. The van der Waals surface area contributed by atoms with Crippen LogP contribution in [0.5, 0.6) is 5.75 Å². The fraction of sp³-hybridized carbons (Fsp3) is 0.250. The molecular weight excluding hydrogens is 582 g/mol. The van der Waals surface area contributed by atoms with Crippen LogP contribution in [-0.2, 0) is 29.1 Å². The molecule has 0 radical (unpaired) electrons. The van der Waals surface area contributed by atoms with E-state index in [4.69, 9.17) is 11.6 Å². The Labute approximate surface area is 259 Å². The Kier molecular flexibility index (Phi) is 8.23. The number of halogens is 1. The van der Waals surface area contributed by atoms with Gasteiger partial charge in [0.1, 0.15) is 18.0 Å². The number of phenolic OH excluding ortho intramolecular Hbond substituents is 1. The number of rotatable bonds is 8. The molecule has 2 atom stereocenters. The highest BCUT2D eigenvalue weighted by Crippen LogP contribution is 2.31. The van der Waals surface area contributed by atoms with Gasteiger partial charge in [0.15, 0.2) is 0 Å². The van der Waals surface area contributed by atoms with E-state index in [9.17, 15) is 19.5 Å². The zero-order chi connectivity index (χ0) is 30.8. The Hall–Kier alpha value is -4.87. The van der Waals surface area contributed by atoms with Crippen molar-refractivity contribution < 1.29 is 19.5 Å². The van der Waals surface area contributed by atoms with Gasteiger partial charge in [-0.1, -0.05) is 60.1 Å². The molecule has 2 saturated heterocycles. The quantitative estimate of drug-likeness (QED) is 0.261. The summed E-state index contributed by atoms with van der Waals surface area (Å²) in [6, 6.07) is 18.4. The molecule has 3 heterocycles. The van der Waals surface area contributed by atoms with Crippen LogP contribution in [0.3, 0.4) is 0 Å². The van der Waals surface area contributed by atoms with Crippen molar-refractivity contribution in [3.63, 3.8) is 0 Å². The number of aromatic nitrogens is 2. The zero-order valence-corrected chi connectivity index (χ0v) is 24.7. The SMILES string of the molecule is C=CCN1CC(=O)N2C(Cc3ccc(O)cc3)C(=O)N(Cc3cc(Cl)cc4cn[nH]c34)CC2N1C(=O)NCc1ccccc1. The number of nitrogens with one attached hydrogen (secondary N) is 2. The van der Waals surface area contributed by atoms with Gasteiger partial charge in [0.25, 0.3) is 0 Å². The van der Waals surface area contributed by atoms with Crippen molar-refractivity contribution in [1.29, 1.82) is 0 Å². The molecule has 6 rings (SSSR count). The Balaban J connectivity index is 1.37. The molecule has 0 spiro atoms. The number of hydrogen-bond acceptors (Lipinski definition) is 6. The highest BCUT2D eigenvalue weighted by molar-refractivity contribution is 6.31. The van der Waals surface area contributed by atoms with Gasteiger partial charge in [0, 0.05) is 36.5 Å². The smallest absolute Gasteiger partial charge is 0.334 e. The van der Waals surface area contributed by atoms with Crippen molar-refractivity contribution in [1.82, 2.24) is 35.3 Å². The Morgan fingerprint density at radius 2 is 1.89 bits per heavy atom. The summed E-state index contributed by atoms with van der Waals surface area (Å²) < 4.78 is 0. The number of benzene rings is 3. The van der Waals surface area contributed by atoms with E-state index >= 15 is 0 Å². The van der Waals surface area contributed by atoms with Gasteiger partial charge in [-0.15, -0.1) is 6.58 Å². The minimum Gasteiger partial charge on any atom is -0.508 e. The van der Waals surface area contributed by atoms with Crippen molar-refractivity contribution in [3.8, 4) is 5.75 Å². The van der Waals surface area contributed by atoms with E-state index in [0.29, 0.717) is 11.6 Å². The lowest BCUT2D eigenvalue weighted by Crippen LogP contribution is -2.76. The predicted octanol–water partition coefficient (Wildman–Crippen LogP) is 3.66. The predicted molar refractivity (Wildman–Crippen MR) is 165 cm³/mol. The first-order valence-electron chi connectivity index (χ1n) is 14.3. The minimum atomic E-state index is -0.891. The normalized spacial score (nSPS) is 18.9. The maximum absolute atomic E-state index is 14.2. The van der Waals surface area contributed by atoms with Crippen LogP contribution >= 0.6 is 11.6 Å². The summed E-state index contributed by atoms with van der Waals surface area (Å²) in [6.45, 7) is 4.55. The Morgan fingerprint density at radius 3 is 2.64 bits per heavy atom. The first-order chi connectivity index (χ1) is 21.3. The monoisotopic (exact) mass is 613 g/mol. The number of urea groups is 1. The van der Waals surface area contributed by atoms with Crippen molar-refractivity contribution in [2.75, 3.05) is 19.6 Å². The van der Waals surface area contributed by atoms with Crippen LogP contribution in [0.4, 0.5) is 4.79 Å². The fourth-order valence-corrected chi connectivity index (χ4v) is 6.22. The number of phenols is 1. The lowest BCUT2D eigenvalue weighted by atomic mass is 9.98. The van der Waals surface area contributed by atoms with E-state index in [1.807, 2.05) is 30.3 Å². The molecule has 226 valence electrons. The number of amides is 4. The number of hydrazine groups is 1. The minimum absolute atomic E-state index is 0.0746. The summed E-state index contributed by atoms with van der Waals surface area (Å²) in [5.74, 6) is -0.417. The Morgan fingerprint density at radius 1 is 1.11 bits per heavy atom. The van der Waals surface area contributed by atoms with Gasteiger partial charge in [0.2, 0.25) is 11.8 Å². The lowest BCUT2D eigenvalue weighted by molar-refractivity contribution is -0.189. The summed E-state index contributed by atoms with van der Waals surface area (Å²) in [5.41, 5.74) is 3.21. The van der Waals surface area contributed by atoms with Gasteiger partial charge in [-0.3, -0.25) is 14.7 Å². The number of carbonyl (C=O) groups excluding carboxylic acids is 3. The van der Waals surface area contributed by atoms with Gasteiger partial charge in [-0.25, -0.2) is 14.8 Å². The molecule has 4 amide bonds. The summed E-state index contributed by atoms with van der Waals surface area (Å²) in [7, 11) is 0. The summed E-state index contributed by atoms with van der Waals surface area (Å²) in [6.07, 6.45) is 2.72. The van der Waals surface area contributed by atoms with E-state index in [2.05, 4.69) is 22.1 Å². The zero-order valence-electron chi connectivity index (χ0n) is 23.9. The number of aromatic hydroxyl groups is 1. The number of nitrogens with zero attached hydrogens (tertiary/aromatic N) is 5. The van der Waals surface area contributed by atoms with E-state index in [1.54, 1.807) is 63.6 Å². The average molecular weight is 614 g/mol. The first-order valence-corrected chi connectivity index (χ1v) is 14.7. The van der Waals surface area contributed by atoms with Crippen molar-refractivity contribution in [2.24, 2.45) is 0 Å². The lowest BCUT2D eigenvalue weighted by Gasteiger charge is -2.55. The van der Waals surface area contributed by atoms with Crippen molar-refractivity contribution in [3.05, 3.63) is 107 Å².